The van der Waals surface area contributed by atoms with Gasteiger partial charge in [-0.2, -0.15) is 4.98 Å². The van der Waals surface area contributed by atoms with Gasteiger partial charge in [-0.05, 0) is 37.8 Å². The van der Waals surface area contributed by atoms with Crippen molar-refractivity contribution in [3.8, 4) is 11.4 Å². The van der Waals surface area contributed by atoms with E-state index in [1.807, 2.05) is 4.90 Å². The molecule has 0 spiro atoms. The molecule has 4 rings (SSSR count). The lowest BCUT2D eigenvalue weighted by Crippen LogP contribution is -2.41. The van der Waals surface area contributed by atoms with Crippen molar-refractivity contribution in [2.24, 2.45) is 5.92 Å². The van der Waals surface area contributed by atoms with E-state index >= 15 is 0 Å². The topological polar surface area (TPSA) is 59.2 Å². The second-order valence-corrected chi connectivity index (χ2v) is 7.07. The first-order chi connectivity index (χ1) is 12.2. The normalized spacial score (nSPS) is 21.6. The second kappa shape index (κ2) is 6.94. The summed E-state index contributed by atoms with van der Waals surface area (Å²) < 4.78 is 18.8. The number of carbonyl (C=O) groups is 1. The molecule has 1 aliphatic carbocycles. The number of halogens is 1. The first-order valence-electron chi connectivity index (χ1n) is 9.09. The van der Waals surface area contributed by atoms with E-state index in [0.29, 0.717) is 23.8 Å². The Balaban J connectivity index is 1.47. The van der Waals surface area contributed by atoms with E-state index < -0.39 is 0 Å². The number of benzene rings is 1. The Labute approximate surface area is 146 Å². The third-order valence-corrected chi connectivity index (χ3v) is 5.31. The smallest absolute Gasteiger partial charge is 0.231 e. The van der Waals surface area contributed by atoms with Crippen molar-refractivity contribution in [3.63, 3.8) is 0 Å². The van der Waals surface area contributed by atoms with Gasteiger partial charge in [0.15, 0.2) is 0 Å². The van der Waals surface area contributed by atoms with Gasteiger partial charge in [-0.15, -0.1) is 0 Å². The van der Waals surface area contributed by atoms with Crippen molar-refractivity contribution in [1.82, 2.24) is 15.0 Å². The molecule has 0 bridgehead atoms. The number of hydrogen-bond acceptors (Lipinski definition) is 4. The number of rotatable bonds is 3. The maximum absolute atomic E-state index is 13.4. The summed E-state index contributed by atoms with van der Waals surface area (Å²) in [6, 6.07) is 6.17. The summed E-state index contributed by atoms with van der Waals surface area (Å²) >= 11 is 0. The fourth-order valence-corrected chi connectivity index (χ4v) is 3.96. The Bertz CT molecular complexity index is 755. The van der Waals surface area contributed by atoms with Gasteiger partial charge in [-0.25, -0.2) is 4.39 Å². The molecule has 1 amide bonds. The largest absolute Gasteiger partial charge is 0.342 e. The van der Waals surface area contributed by atoms with E-state index in [4.69, 9.17) is 4.52 Å². The minimum atomic E-state index is -0.324. The molecule has 0 radical (unpaired) electrons. The molecule has 5 nitrogen and oxygen atoms in total. The van der Waals surface area contributed by atoms with Crippen molar-refractivity contribution in [1.29, 1.82) is 0 Å². The van der Waals surface area contributed by atoms with Gasteiger partial charge in [0.2, 0.25) is 17.6 Å². The summed E-state index contributed by atoms with van der Waals surface area (Å²) in [4.78, 5) is 19.1. The van der Waals surface area contributed by atoms with Crippen molar-refractivity contribution in [2.45, 2.75) is 44.4 Å². The maximum Gasteiger partial charge on any atom is 0.231 e. The molecule has 6 heteroatoms. The van der Waals surface area contributed by atoms with Crippen molar-refractivity contribution >= 4 is 5.91 Å². The average Bonchev–Trinajstić information content (AvgIpc) is 3.33. The minimum absolute atomic E-state index is 0.0638. The Morgan fingerprint density at radius 3 is 2.84 bits per heavy atom. The van der Waals surface area contributed by atoms with Crippen LogP contribution >= 0.6 is 0 Å². The Morgan fingerprint density at radius 1 is 1.20 bits per heavy atom. The summed E-state index contributed by atoms with van der Waals surface area (Å²) in [7, 11) is 0. The molecule has 0 unspecified atom stereocenters. The highest BCUT2D eigenvalue weighted by Gasteiger charge is 2.33. The molecule has 1 aromatic heterocycles. The predicted molar refractivity (Wildman–Crippen MR) is 90.2 cm³/mol. The van der Waals surface area contributed by atoms with Crippen LogP contribution in [0.15, 0.2) is 28.8 Å². The first-order valence-corrected chi connectivity index (χ1v) is 9.09. The predicted octanol–water partition coefficient (Wildman–Crippen LogP) is 3.77. The summed E-state index contributed by atoms with van der Waals surface area (Å²) in [5.74, 6) is 1.16. The summed E-state index contributed by atoms with van der Waals surface area (Å²) in [6.07, 6.45) is 6.23. The van der Waals surface area contributed by atoms with E-state index in [2.05, 4.69) is 10.1 Å². The number of aromatic nitrogens is 2. The standard InChI is InChI=1S/C19H22FN3O2/c20-16-9-3-7-14(11-16)17-21-18(25-22-17)15-8-4-10-23(12-15)19(24)13-5-1-2-6-13/h3,7,9,11,13,15H,1-2,4-6,8,10,12H2/t15-/m0/s1. The fraction of sp³-hybridized carbons (Fsp3) is 0.526. The molecule has 2 aromatic rings. The Morgan fingerprint density at radius 2 is 2.04 bits per heavy atom. The van der Waals surface area contributed by atoms with Gasteiger partial charge in [-0.3, -0.25) is 4.79 Å². The van der Waals surface area contributed by atoms with E-state index in [1.165, 1.54) is 12.1 Å². The molecular formula is C19H22FN3O2. The van der Waals surface area contributed by atoms with Crippen LogP contribution in [-0.4, -0.2) is 34.0 Å². The van der Waals surface area contributed by atoms with Crippen LogP contribution in [0.25, 0.3) is 11.4 Å². The molecule has 1 aromatic carbocycles. The van der Waals surface area contributed by atoms with Crippen LogP contribution < -0.4 is 0 Å². The molecule has 2 fully saturated rings. The van der Waals surface area contributed by atoms with Crippen LogP contribution in [0.5, 0.6) is 0 Å². The molecular weight excluding hydrogens is 321 g/mol. The number of likely N-dealkylation sites (tertiary alicyclic amines) is 1. The van der Waals surface area contributed by atoms with E-state index in [-0.39, 0.29) is 23.6 Å². The molecule has 1 saturated carbocycles. The van der Waals surface area contributed by atoms with Gasteiger partial charge in [0.1, 0.15) is 5.82 Å². The van der Waals surface area contributed by atoms with Gasteiger partial charge in [-0.1, -0.05) is 30.1 Å². The van der Waals surface area contributed by atoms with Gasteiger partial charge < -0.3 is 9.42 Å². The van der Waals surface area contributed by atoms with Crippen molar-refractivity contribution in [3.05, 3.63) is 36.0 Å². The minimum Gasteiger partial charge on any atom is -0.342 e. The summed E-state index contributed by atoms with van der Waals surface area (Å²) in [5.41, 5.74) is 0.602. The molecule has 1 atom stereocenters. The van der Waals surface area contributed by atoms with E-state index in [9.17, 15) is 9.18 Å². The Kier molecular flexibility index (Phi) is 4.51. The quantitative estimate of drug-likeness (QED) is 0.851. The summed E-state index contributed by atoms with van der Waals surface area (Å²) in [5, 5.41) is 3.99. The molecule has 2 aliphatic rings. The number of hydrogen-bond donors (Lipinski definition) is 0. The first kappa shape index (κ1) is 16.2. The van der Waals surface area contributed by atoms with Crippen molar-refractivity contribution in [2.75, 3.05) is 13.1 Å². The second-order valence-electron chi connectivity index (χ2n) is 7.07. The lowest BCUT2D eigenvalue weighted by molar-refractivity contribution is -0.136. The van der Waals surface area contributed by atoms with Crippen LogP contribution in [0, 0.1) is 11.7 Å². The molecule has 132 valence electrons. The van der Waals surface area contributed by atoms with Crippen LogP contribution in [0.3, 0.4) is 0 Å². The van der Waals surface area contributed by atoms with Gasteiger partial charge in [0, 0.05) is 24.6 Å². The van der Waals surface area contributed by atoms with Crippen LogP contribution in [0.2, 0.25) is 0 Å². The monoisotopic (exact) mass is 343 g/mol. The average molecular weight is 343 g/mol. The molecule has 25 heavy (non-hydrogen) atoms. The van der Waals surface area contributed by atoms with Crippen LogP contribution in [-0.2, 0) is 4.79 Å². The number of carbonyl (C=O) groups excluding carboxylic acids is 1. The SMILES string of the molecule is O=C(C1CCCC1)N1CCC[C@H](c2nc(-c3cccc(F)c3)no2)C1. The van der Waals surface area contributed by atoms with Crippen LogP contribution in [0.4, 0.5) is 4.39 Å². The fourth-order valence-electron chi connectivity index (χ4n) is 3.96. The van der Waals surface area contributed by atoms with Gasteiger partial charge in [0.25, 0.3) is 0 Å². The molecule has 0 N–H and O–H groups in total. The zero-order valence-electron chi connectivity index (χ0n) is 14.2. The zero-order chi connectivity index (χ0) is 17.2. The highest BCUT2D eigenvalue weighted by Crippen LogP contribution is 2.31. The highest BCUT2D eigenvalue weighted by atomic mass is 19.1. The highest BCUT2D eigenvalue weighted by molar-refractivity contribution is 5.79. The van der Waals surface area contributed by atoms with Gasteiger partial charge >= 0.3 is 0 Å². The van der Waals surface area contributed by atoms with Gasteiger partial charge in [0.05, 0.1) is 5.92 Å². The van der Waals surface area contributed by atoms with Crippen molar-refractivity contribution < 1.29 is 13.7 Å². The summed E-state index contributed by atoms with van der Waals surface area (Å²) in [6.45, 7) is 1.46. The van der Waals surface area contributed by atoms with E-state index in [0.717, 1.165) is 45.1 Å². The van der Waals surface area contributed by atoms with E-state index in [1.54, 1.807) is 12.1 Å². The molecule has 2 heterocycles. The molecule has 1 saturated heterocycles. The number of nitrogens with zero attached hydrogens (tertiary/aromatic N) is 3. The zero-order valence-corrected chi connectivity index (χ0v) is 14.2. The Hall–Kier alpha value is -2.24. The maximum atomic E-state index is 13.4. The lowest BCUT2D eigenvalue weighted by atomic mass is 9.96. The number of piperidine rings is 1. The lowest BCUT2D eigenvalue weighted by Gasteiger charge is -2.32. The number of amides is 1. The third-order valence-electron chi connectivity index (χ3n) is 5.31. The third kappa shape index (κ3) is 3.43. The van der Waals surface area contributed by atoms with Crippen LogP contribution in [0.1, 0.15) is 50.3 Å². The molecule has 1 aliphatic heterocycles.